The Hall–Kier alpha value is -1.61. The zero-order valence-corrected chi connectivity index (χ0v) is 10.2. The third-order valence-electron chi connectivity index (χ3n) is 3.20. The van der Waals surface area contributed by atoms with Crippen LogP contribution in [0.5, 0.6) is 0 Å². The topological polar surface area (TPSA) is 29.5 Å². The quantitative estimate of drug-likeness (QED) is 0.575. The minimum Gasteiger partial charge on any atom is -0.466 e. The highest BCUT2D eigenvalue weighted by Gasteiger charge is 2.21. The van der Waals surface area contributed by atoms with Gasteiger partial charge in [0.15, 0.2) is 0 Å². The second kappa shape index (κ2) is 5.15. The zero-order chi connectivity index (χ0) is 12.3. The molecule has 1 aromatic carbocycles. The van der Waals surface area contributed by atoms with Crippen molar-refractivity contribution in [2.45, 2.75) is 12.5 Å². The van der Waals surface area contributed by atoms with Gasteiger partial charge in [0.25, 0.3) is 0 Å². The average molecular weight is 231 g/mol. The molecule has 1 aromatic rings. The number of carbonyl (C=O) groups excluding carboxylic acids is 1. The van der Waals surface area contributed by atoms with Crippen molar-refractivity contribution in [3.8, 4) is 0 Å². The summed E-state index contributed by atoms with van der Waals surface area (Å²) in [6.07, 6.45) is 4.47. The Bertz CT molecular complexity index is 440. The zero-order valence-electron chi connectivity index (χ0n) is 10.2. The van der Waals surface area contributed by atoms with E-state index in [1.165, 1.54) is 24.3 Å². The first-order valence-corrected chi connectivity index (χ1v) is 5.76. The lowest BCUT2D eigenvalue weighted by Crippen LogP contribution is -2.31. The lowest BCUT2D eigenvalue weighted by Gasteiger charge is -2.32. The van der Waals surface area contributed by atoms with Gasteiger partial charge in [0.05, 0.1) is 13.2 Å². The molecule has 1 unspecified atom stereocenters. The minimum absolute atomic E-state index is 0.166. The molecule has 0 radical (unpaired) electrons. The van der Waals surface area contributed by atoms with Gasteiger partial charge in [0.2, 0.25) is 0 Å². The van der Waals surface area contributed by atoms with E-state index in [1.54, 1.807) is 0 Å². The summed E-state index contributed by atoms with van der Waals surface area (Å²) in [4.78, 5) is 13.4. The molecule has 0 aromatic heterocycles. The fraction of sp³-hybridized carbons (Fsp3) is 0.357. The average Bonchev–Trinajstić information content (AvgIpc) is 2.37. The summed E-state index contributed by atoms with van der Waals surface area (Å²) >= 11 is 0. The molecular formula is C14H17NO2. The van der Waals surface area contributed by atoms with Gasteiger partial charge in [-0.05, 0) is 24.6 Å². The van der Waals surface area contributed by atoms with Gasteiger partial charge >= 0.3 is 5.97 Å². The number of benzene rings is 1. The highest BCUT2D eigenvalue weighted by molar-refractivity contribution is 5.81. The van der Waals surface area contributed by atoms with E-state index >= 15 is 0 Å². The molecule has 0 N–H and O–H groups in total. The second-order valence-electron chi connectivity index (χ2n) is 4.26. The molecule has 3 heteroatoms. The van der Waals surface area contributed by atoms with Gasteiger partial charge in [-0.25, -0.2) is 4.79 Å². The van der Waals surface area contributed by atoms with Crippen molar-refractivity contribution in [1.29, 1.82) is 0 Å². The van der Waals surface area contributed by atoms with Gasteiger partial charge in [-0.1, -0.05) is 30.3 Å². The number of carbonyl (C=O) groups is 1. The third-order valence-corrected chi connectivity index (χ3v) is 3.20. The first-order chi connectivity index (χ1) is 8.22. The Kier molecular flexibility index (Phi) is 3.59. The van der Waals surface area contributed by atoms with Gasteiger partial charge in [0.1, 0.15) is 0 Å². The summed E-state index contributed by atoms with van der Waals surface area (Å²) in [6.45, 7) is 1.01. The molecule has 0 amide bonds. The summed E-state index contributed by atoms with van der Waals surface area (Å²) < 4.78 is 4.62. The minimum atomic E-state index is -0.304. The van der Waals surface area contributed by atoms with Crippen LogP contribution >= 0.6 is 0 Å². The lowest BCUT2D eigenvalue weighted by molar-refractivity contribution is -0.134. The number of fused-ring (bicyclic) bond motifs is 1. The largest absolute Gasteiger partial charge is 0.466 e. The summed E-state index contributed by atoms with van der Waals surface area (Å²) in [5.74, 6) is -0.304. The molecular weight excluding hydrogens is 214 g/mol. The predicted octanol–water partition coefficient (Wildman–Crippen LogP) is 1.94. The maximum absolute atomic E-state index is 11.1. The van der Waals surface area contributed by atoms with Crippen LogP contribution in [0, 0.1) is 0 Å². The smallest absolute Gasteiger partial charge is 0.330 e. The Morgan fingerprint density at radius 1 is 1.47 bits per heavy atom. The summed E-state index contributed by atoms with van der Waals surface area (Å²) in [7, 11) is 3.47. The van der Waals surface area contributed by atoms with Crippen LogP contribution in [0.3, 0.4) is 0 Å². The van der Waals surface area contributed by atoms with Crippen molar-refractivity contribution in [1.82, 2.24) is 4.90 Å². The third kappa shape index (κ3) is 2.56. The Balaban J connectivity index is 2.27. The molecule has 17 heavy (non-hydrogen) atoms. The number of methoxy groups -OCH3 is 1. The maximum Gasteiger partial charge on any atom is 0.330 e. The summed E-state index contributed by atoms with van der Waals surface area (Å²) in [5, 5.41) is 0. The Morgan fingerprint density at radius 2 is 2.24 bits per heavy atom. The molecule has 1 aliphatic heterocycles. The summed E-state index contributed by atoms with van der Waals surface area (Å²) in [5.41, 5.74) is 2.64. The summed E-state index contributed by atoms with van der Waals surface area (Å²) in [6, 6.07) is 8.54. The van der Waals surface area contributed by atoms with Crippen LogP contribution in [-0.4, -0.2) is 31.6 Å². The van der Waals surface area contributed by atoms with E-state index in [9.17, 15) is 4.79 Å². The lowest BCUT2D eigenvalue weighted by atomic mass is 9.93. The number of ether oxygens (including phenoxy) is 1. The highest BCUT2D eigenvalue weighted by atomic mass is 16.5. The van der Waals surface area contributed by atoms with Crippen LogP contribution in [0.25, 0.3) is 0 Å². The fourth-order valence-corrected chi connectivity index (χ4v) is 2.21. The van der Waals surface area contributed by atoms with Crippen molar-refractivity contribution >= 4 is 5.97 Å². The first kappa shape index (κ1) is 11.9. The van der Waals surface area contributed by atoms with Crippen molar-refractivity contribution in [2.75, 3.05) is 20.7 Å². The van der Waals surface area contributed by atoms with Crippen molar-refractivity contribution in [3.63, 3.8) is 0 Å². The molecule has 0 saturated carbocycles. The standard InChI is InChI=1S/C14H17NO2/c1-15-10-9-11-5-3-4-6-12(11)13(15)7-8-14(16)17-2/h3-8,13H,9-10H2,1-2H3/b8-7+. The van der Waals surface area contributed by atoms with E-state index in [1.807, 2.05) is 12.1 Å². The number of rotatable bonds is 2. The van der Waals surface area contributed by atoms with Crippen LogP contribution in [0.1, 0.15) is 17.2 Å². The number of esters is 1. The molecule has 3 nitrogen and oxygen atoms in total. The van der Waals surface area contributed by atoms with Gasteiger partial charge in [-0.2, -0.15) is 0 Å². The van der Waals surface area contributed by atoms with Crippen LogP contribution in [0.2, 0.25) is 0 Å². The fourth-order valence-electron chi connectivity index (χ4n) is 2.21. The van der Waals surface area contributed by atoms with Crippen LogP contribution < -0.4 is 0 Å². The highest BCUT2D eigenvalue weighted by Crippen LogP contribution is 2.29. The van der Waals surface area contributed by atoms with E-state index in [4.69, 9.17) is 0 Å². The molecule has 2 rings (SSSR count). The molecule has 1 heterocycles. The number of hydrogen-bond donors (Lipinski definition) is 0. The Morgan fingerprint density at radius 3 is 3.00 bits per heavy atom. The molecule has 0 spiro atoms. The van der Waals surface area contributed by atoms with E-state index in [0.717, 1.165) is 13.0 Å². The number of hydrogen-bond acceptors (Lipinski definition) is 3. The molecule has 0 aliphatic carbocycles. The van der Waals surface area contributed by atoms with Gasteiger partial charge < -0.3 is 4.74 Å². The van der Waals surface area contributed by atoms with Gasteiger partial charge in [0, 0.05) is 12.6 Å². The van der Waals surface area contributed by atoms with E-state index in [2.05, 4.69) is 34.9 Å². The SMILES string of the molecule is COC(=O)/C=C/C1c2ccccc2CCN1C. The number of nitrogens with zero attached hydrogens (tertiary/aromatic N) is 1. The molecule has 0 bridgehead atoms. The molecule has 90 valence electrons. The maximum atomic E-state index is 11.1. The van der Waals surface area contributed by atoms with Gasteiger partial charge in [-0.15, -0.1) is 0 Å². The molecule has 1 aliphatic rings. The molecule has 0 saturated heterocycles. The number of likely N-dealkylation sites (N-methyl/N-ethyl adjacent to an activating group) is 1. The molecule has 1 atom stereocenters. The van der Waals surface area contributed by atoms with E-state index in [-0.39, 0.29) is 12.0 Å². The Labute approximate surface area is 102 Å². The van der Waals surface area contributed by atoms with Gasteiger partial charge in [-0.3, -0.25) is 4.90 Å². The monoisotopic (exact) mass is 231 g/mol. The van der Waals surface area contributed by atoms with Crippen LogP contribution in [0.15, 0.2) is 36.4 Å². The predicted molar refractivity (Wildman–Crippen MR) is 66.7 cm³/mol. The first-order valence-electron chi connectivity index (χ1n) is 5.76. The normalized spacial score (nSPS) is 20.2. The van der Waals surface area contributed by atoms with Crippen LogP contribution in [-0.2, 0) is 16.0 Å². The molecule has 0 fully saturated rings. The van der Waals surface area contributed by atoms with Crippen molar-refractivity contribution in [3.05, 3.63) is 47.5 Å². The van der Waals surface area contributed by atoms with Crippen molar-refractivity contribution in [2.24, 2.45) is 0 Å². The second-order valence-corrected chi connectivity index (χ2v) is 4.26. The van der Waals surface area contributed by atoms with Crippen LogP contribution in [0.4, 0.5) is 0 Å². The van der Waals surface area contributed by atoms with E-state index < -0.39 is 0 Å². The van der Waals surface area contributed by atoms with Crippen molar-refractivity contribution < 1.29 is 9.53 Å². The van der Waals surface area contributed by atoms with E-state index in [0.29, 0.717) is 0 Å².